The molecular weight excluding hydrogens is 370 g/mol. The molecule has 0 unspecified atom stereocenters. The van der Waals surface area contributed by atoms with E-state index in [-0.39, 0.29) is 11.4 Å². The molecule has 0 amide bonds. The molecule has 0 atom stereocenters. The largest absolute Gasteiger partial charge is 0.494 e. The van der Waals surface area contributed by atoms with Gasteiger partial charge in [0, 0.05) is 5.56 Å². The summed E-state index contributed by atoms with van der Waals surface area (Å²) >= 11 is 0. The average molecular weight is 394 g/mol. The summed E-state index contributed by atoms with van der Waals surface area (Å²) in [5, 5.41) is 0. The van der Waals surface area contributed by atoms with Gasteiger partial charge in [0.2, 0.25) is 0 Å². The number of hydrogen-bond donors (Lipinski definition) is 0. The van der Waals surface area contributed by atoms with E-state index >= 15 is 0 Å². The van der Waals surface area contributed by atoms with Crippen LogP contribution >= 0.6 is 0 Å². The van der Waals surface area contributed by atoms with E-state index in [0.29, 0.717) is 18.0 Å². The van der Waals surface area contributed by atoms with Gasteiger partial charge in [-0.1, -0.05) is 54.6 Å². The number of hydrogen-bond acceptors (Lipinski definition) is 3. The lowest BCUT2D eigenvalue weighted by Crippen LogP contribution is -2.31. The number of sulfonamides is 1. The lowest BCUT2D eigenvalue weighted by molar-refractivity contribution is 0.340. The zero-order chi connectivity index (χ0) is 20.0. The normalized spacial score (nSPS) is 11.0. The van der Waals surface area contributed by atoms with Crippen LogP contribution in [0.3, 0.4) is 0 Å². The summed E-state index contributed by atoms with van der Waals surface area (Å²) in [6.45, 7) is 6.33. The van der Waals surface area contributed by atoms with Crippen molar-refractivity contribution in [2.24, 2.45) is 0 Å². The Morgan fingerprint density at radius 3 is 2.21 bits per heavy atom. The zero-order valence-corrected chi connectivity index (χ0v) is 16.6. The van der Waals surface area contributed by atoms with E-state index < -0.39 is 10.0 Å². The first kappa shape index (κ1) is 19.7. The van der Waals surface area contributed by atoms with Gasteiger partial charge in [-0.3, -0.25) is 4.31 Å². The second-order valence-corrected chi connectivity index (χ2v) is 7.97. The molecule has 0 aliphatic heterocycles. The van der Waals surface area contributed by atoms with E-state index in [2.05, 4.69) is 6.58 Å². The van der Waals surface area contributed by atoms with Crippen LogP contribution in [-0.4, -0.2) is 21.6 Å². The summed E-state index contributed by atoms with van der Waals surface area (Å²) in [6.07, 6.45) is 1.59. The topological polar surface area (TPSA) is 46.6 Å². The Labute approximate surface area is 166 Å². The number of rotatable bonds is 8. The van der Waals surface area contributed by atoms with Crippen molar-refractivity contribution in [3.8, 4) is 16.9 Å². The van der Waals surface area contributed by atoms with E-state index in [4.69, 9.17) is 4.74 Å². The smallest absolute Gasteiger partial charge is 0.264 e. The molecule has 0 aromatic heterocycles. The molecule has 0 spiro atoms. The van der Waals surface area contributed by atoms with E-state index in [9.17, 15) is 8.42 Å². The SMILES string of the molecule is C=CCN(c1ccccc1-c1ccccc1)S(=O)(=O)c1ccc(OCC)cc1. The highest BCUT2D eigenvalue weighted by atomic mass is 32.2. The molecule has 0 aliphatic rings. The number of para-hydroxylation sites is 1. The van der Waals surface area contributed by atoms with E-state index in [0.717, 1.165) is 11.1 Å². The van der Waals surface area contributed by atoms with Gasteiger partial charge in [-0.2, -0.15) is 0 Å². The van der Waals surface area contributed by atoms with Crippen LogP contribution in [0.2, 0.25) is 0 Å². The van der Waals surface area contributed by atoms with Crippen LogP contribution < -0.4 is 9.04 Å². The predicted molar refractivity (Wildman–Crippen MR) is 114 cm³/mol. The first-order valence-electron chi connectivity index (χ1n) is 9.09. The van der Waals surface area contributed by atoms with Crippen molar-refractivity contribution in [3.63, 3.8) is 0 Å². The van der Waals surface area contributed by atoms with Gasteiger partial charge in [-0.25, -0.2) is 8.42 Å². The fourth-order valence-corrected chi connectivity index (χ4v) is 4.45. The maximum Gasteiger partial charge on any atom is 0.264 e. The van der Waals surface area contributed by atoms with Gasteiger partial charge in [0.1, 0.15) is 5.75 Å². The molecule has 0 N–H and O–H groups in total. The molecular formula is C23H23NO3S. The van der Waals surface area contributed by atoms with Crippen LogP contribution in [0, 0.1) is 0 Å². The quantitative estimate of drug-likeness (QED) is 0.498. The van der Waals surface area contributed by atoms with Crippen molar-refractivity contribution in [2.45, 2.75) is 11.8 Å². The highest BCUT2D eigenvalue weighted by molar-refractivity contribution is 7.92. The van der Waals surface area contributed by atoms with Crippen LogP contribution in [0.1, 0.15) is 6.92 Å². The Morgan fingerprint density at radius 1 is 0.929 bits per heavy atom. The van der Waals surface area contributed by atoms with Gasteiger partial charge in [0.05, 0.1) is 23.7 Å². The second-order valence-electron chi connectivity index (χ2n) is 6.11. The Hall–Kier alpha value is -3.05. The summed E-state index contributed by atoms with van der Waals surface area (Å²) in [6, 6.07) is 23.7. The molecule has 144 valence electrons. The van der Waals surface area contributed by atoms with Gasteiger partial charge >= 0.3 is 0 Å². The minimum atomic E-state index is -3.77. The third-order valence-corrected chi connectivity index (χ3v) is 6.07. The summed E-state index contributed by atoms with van der Waals surface area (Å²) in [4.78, 5) is 0.209. The molecule has 5 heteroatoms. The second kappa shape index (κ2) is 8.76. The number of nitrogens with zero attached hydrogens (tertiary/aromatic N) is 1. The third-order valence-electron chi connectivity index (χ3n) is 4.28. The van der Waals surface area contributed by atoms with Crippen molar-refractivity contribution in [1.82, 2.24) is 0 Å². The summed E-state index contributed by atoms with van der Waals surface area (Å²) in [5.41, 5.74) is 2.41. The fraction of sp³-hybridized carbons (Fsp3) is 0.130. The van der Waals surface area contributed by atoms with Crippen LogP contribution in [0.5, 0.6) is 5.75 Å². The van der Waals surface area contributed by atoms with Crippen LogP contribution in [0.15, 0.2) is 96.4 Å². The maximum absolute atomic E-state index is 13.4. The highest BCUT2D eigenvalue weighted by Gasteiger charge is 2.26. The zero-order valence-electron chi connectivity index (χ0n) is 15.8. The molecule has 4 nitrogen and oxygen atoms in total. The van der Waals surface area contributed by atoms with Crippen LogP contribution in [0.4, 0.5) is 5.69 Å². The minimum absolute atomic E-state index is 0.166. The Kier molecular flexibility index (Phi) is 6.16. The first-order chi connectivity index (χ1) is 13.6. The van der Waals surface area contributed by atoms with E-state index in [1.54, 1.807) is 30.3 Å². The van der Waals surface area contributed by atoms with Crippen molar-refractivity contribution < 1.29 is 13.2 Å². The van der Waals surface area contributed by atoms with Crippen LogP contribution in [0.25, 0.3) is 11.1 Å². The van der Waals surface area contributed by atoms with Crippen molar-refractivity contribution in [3.05, 3.63) is 91.5 Å². The number of anilines is 1. The summed E-state index contributed by atoms with van der Waals surface area (Å²) < 4.78 is 33.6. The highest BCUT2D eigenvalue weighted by Crippen LogP contribution is 2.34. The third kappa shape index (κ3) is 4.10. The van der Waals surface area contributed by atoms with E-state index in [1.807, 2.05) is 61.5 Å². The molecule has 0 radical (unpaired) electrons. The Bertz CT molecular complexity index is 1030. The minimum Gasteiger partial charge on any atom is -0.494 e. The molecule has 0 heterocycles. The lowest BCUT2D eigenvalue weighted by atomic mass is 10.0. The molecule has 0 aliphatic carbocycles. The van der Waals surface area contributed by atoms with Gasteiger partial charge in [0.15, 0.2) is 0 Å². The molecule has 0 bridgehead atoms. The molecule has 0 saturated heterocycles. The molecule has 3 aromatic rings. The lowest BCUT2D eigenvalue weighted by Gasteiger charge is -2.26. The number of ether oxygens (including phenoxy) is 1. The van der Waals surface area contributed by atoms with Crippen molar-refractivity contribution in [1.29, 1.82) is 0 Å². The van der Waals surface area contributed by atoms with Gasteiger partial charge in [-0.05, 0) is 42.8 Å². The summed E-state index contributed by atoms with van der Waals surface area (Å²) in [7, 11) is -3.77. The fourth-order valence-electron chi connectivity index (χ4n) is 3.00. The van der Waals surface area contributed by atoms with Crippen molar-refractivity contribution >= 4 is 15.7 Å². The van der Waals surface area contributed by atoms with E-state index in [1.165, 1.54) is 4.31 Å². The molecule has 3 aromatic carbocycles. The molecule has 3 rings (SSSR count). The van der Waals surface area contributed by atoms with Crippen LogP contribution in [-0.2, 0) is 10.0 Å². The van der Waals surface area contributed by atoms with Crippen molar-refractivity contribution in [2.75, 3.05) is 17.5 Å². The number of benzene rings is 3. The summed E-state index contributed by atoms with van der Waals surface area (Å²) in [5.74, 6) is 0.640. The molecule has 0 saturated carbocycles. The predicted octanol–water partition coefficient (Wildman–Crippen LogP) is 5.13. The standard InChI is InChI=1S/C23H23NO3S/c1-3-18-24(28(25,26)21-16-14-20(15-17-21)27-4-2)23-13-9-8-12-22(23)19-10-6-5-7-11-19/h3,5-17H,1,4,18H2,2H3. The average Bonchev–Trinajstić information content (AvgIpc) is 2.73. The molecule has 28 heavy (non-hydrogen) atoms. The van der Waals surface area contributed by atoms with Gasteiger partial charge in [-0.15, -0.1) is 6.58 Å². The molecule has 0 fully saturated rings. The van der Waals surface area contributed by atoms with Gasteiger partial charge in [0.25, 0.3) is 10.0 Å². The monoisotopic (exact) mass is 393 g/mol. The maximum atomic E-state index is 13.4. The van der Waals surface area contributed by atoms with Gasteiger partial charge < -0.3 is 4.74 Å². The Morgan fingerprint density at radius 2 is 1.57 bits per heavy atom. The Balaban J connectivity index is 2.08. The first-order valence-corrected chi connectivity index (χ1v) is 10.5.